The fourth-order valence-electron chi connectivity index (χ4n) is 2.90. The maximum absolute atomic E-state index is 12.5. The Morgan fingerprint density at radius 2 is 1.76 bits per heavy atom. The molecule has 0 radical (unpaired) electrons. The molecule has 0 unspecified atom stereocenters. The summed E-state index contributed by atoms with van der Waals surface area (Å²) in [6, 6.07) is 17.2. The Labute approximate surface area is 203 Å². The predicted octanol–water partition coefficient (Wildman–Crippen LogP) is 5.10. The molecule has 0 aliphatic carbocycles. The molecule has 3 aromatic rings. The number of benzene rings is 3. The quantitative estimate of drug-likeness (QED) is 0.199. The van der Waals surface area contributed by atoms with E-state index in [0.717, 1.165) is 11.1 Å². The maximum atomic E-state index is 12.5. The van der Waals surface area contributed by atoms with Gasteiger partial charge in [-0.25, -0.2) is 10.2 Å². The summed E-state index contributed by atoms with van der Waals surface area (Å²) in [5.74, 6) is 0.227. The first kappa shape index (κ1) is 24.8. The SMILES string of the molecule is CCOc1cc(/C=N\NC(=O)COc2ccc(C)c(C)c2)ccc1OC(=O)c1ccccc1Cl. The summed E-state index contributed by atoms with van der Waals surface area (Å²) in [6.45, 7) is 6.00. The largest absolute Gasteiger partial charge is 0.490 e. The van der Waals surface area contributed by atoms with Crippen LogP contribution in [0.25, 0.3) is 0 Å². The molecule has 0 saturated heterocycles. The molecule has 0 fully saturated rings. The van der Waals surface area contributed by atoms with Gasteiger partial charge in [-0.3, -0.25) is 4.79 Å². The molecule has 176 valence electrons. The monoisotopic (exact) mass is 480 g/mol. The average Bonchev–Trinajstić information content (AvgIpc) is 2.82. The second-order valence-electron chi connectivity index (χ2n) is 7.34. The lowest BCUT2D eigenvalue weighted by atomic mass is 10.1. The second-order valence-corrected chi connectivity index (χ2v) is 7.74. The number of ether oxygens (including phenoxy) is 3. The molecule has 1 N–H and O–H groups in total. The highest BCUT2D eigenvalue weighted by atomic mass is 35.5. The molecule has 0 saturated carbocycles. The van der Waals surface area contributed by atoms with Crippen molar-refractivity contribution in [3.05, 3.63) is 87.9 Å². The smallest absolute Gasteiger partial charge is 0.345 e. The lowest BCUT2D eigenvalue weighted by Gasteiger charge is -2.12. The van der Waals surface area contributed by atoms with Crippen LogP contribution in [0.5, 0.6) is 17.2 Å². The molecular formula is C26H25ClN2O5. The van der Waals surface area contributed by atoms with Crippen molar-refractivity contribution in [2.75, 3.05) is 13.2 Å². The Balaban J connectivity index is 1.60. The minimum absolute atomic E-state index is 0.166. The topological polar surface area (TPSA) is 86.2 Å². The van der Waals surface area contributed by atoms with E-state index in [1.807, 2.05) is 39.0 Å². The van der Waals surface area contributed by atoms with Crippen molar-refractivity contribution in [3.63, 3.8) is 0 Å². The number of nitrogens with one attached hydrogen (secondary N) is 1. The van der Waals surface area contributed by atoms with Gasteiger partial charge in [-0.1, -0.05) is 29.8 Å². The predicted molar refractivity (Wildman–Crippen MR) is 131 cm³/mol. The molecule has 1 amide bonds. The summed E-state index contributed by atoms with van der Waals surface area (Å²) in [5, 5.41) is 4.25. The van der Waals surface area contributed by atoms with Gasteiger partial charge in [0.15, 0.2) is 18.1 Å². The van der Waals surface area contributed by atoms with E-state index in [1.165, 1.54) is 6.21 Å². The highest BCUT2D eigenvalue weighted by Crippen LogP contribution is 2.29. The molecule has 0 aromatic heterocycles. The van der Waals surface area contributed by atoms with Crippen molar-refractivity contribution in [3.8, 4) is 17.2 Å². The Morgan fingerprint density at radius 1 is 0.971 bits per heavy atom. The lowest BCUT2D eigenvalue weighted by molar-refractivity contribution is -0.123. The van der Waals surface area contributed by atoms with Crippen molar-refractivity contribution < 1.29 is 23.8 Å². The molecule has 0 spiro atoms. The molecule has 0 aliphatic heterocycles. The highest BCUT2D eigenvalue weighted by molar-refractivity contribution is 6.33. The number of nitrogens with zero attached hydrogens (tertiary/aromatic N) is 1. The number of carbonyl (C=O) groups excluding carboxylic acids is 2. The number of hydrogen-bond donors (Lipinski definition) is 1. The van der Waals surface area contributed by atoms with Gasteiger partial charge in [-0.2, -0.15) is 5.10 Å². The van der Waals surface area contributed by atoms with Gasteiger partial charge in [0, 0.05) is 0 Å². The van der Waals surface area contributed by atoms with Crippen LogP contribution in [0.2, 0.25) is 5.02 Å². The van der Waals surface area contributed by atoms with Crippen LogP contribution < -0.4 is 19.6 Å². The van der Waals surface area contributed by atoms with Crippen LogP contribution in [-0.4, -0.2) is 31.3 Å². The van der Waals surface area contributed by atoms with Crippen molar-refractivity contribution in [2.45, 2.75) is 20.8 Å². The van der Waals surface area contributed by atoms with Crippen molar-refractivity contribution >= 4 is 29.7 Å². The normalized spacial score (nSPS) is 10.7. The first-order chi connectivity index (χ1) is 16.4. The first-order valence-corrected chi connectivity index (χ1v) is 11.0. The molecular weight excluding hydrogens is 456 g/mol. The van der Waals surface area contributed by atoms with Crippen LogP contribution in [0.15, 0.2) is 65.8 Å². The number of esters is 1. The van der Waals surface area contributed by atoms with Crippen LogP contribution in [0.1, 0.15) is 34.0 Å². The van der Waals surface area contributed by atoms with Crippen LogP contribution in [-0.2, 0) is 4.79 Å². The molecule has 8 heteroatoms. The fraction of sp³-hybridized carbons (Fsp3) is 0.192. The summed E-state index contributed by atoms with van der Waals surface area (Å²) in [5.41, 5.74) is 5.54. The van der Waals surface area contributed by atoms with Gasteiger partial charge in [-0.05, 0) is 79.9 Å². The Morgan fingerprint density at radius 3 is 2.50 bits per heavy atom. The summed E-state index contributed by atoms with van der Waals surface area (Å²) < 4.78 is 16.6. The number of hydrazone groups is 1. The van der Waals surface area contributed by atoms with Crippen molar-refractivity contribution in [1.29, 1.82) is 0 Å². The summed E-state index contributed by atoms with van der Waals surface area (Å²) in [4.78, 5) is 24.5. The number of carbonyl (C=O) groups is 2. The molecule has 3 aromatic carbocycles. The van der Waals surface area contributed by atoms with Crippen molar-refractivity contribution in [2.24, 2.45) is 5.10 Å². The average molecular weight is 481 g/mol. The van der Waals surface area contributed by atoms with Crippen LogP contribution in [0, 0.1) is 13.8 Å². The third-order valence-corrected chi connectivity index (χ3v) is 5.14. The molecule has 0 heterocycles. The Hall–Kier alpha value is -3.84. The van der Waals surface area contributed by atoms with E-state index in [1.54, 1.807) is 42.5 Å². The highest BCUT2D eigenvalue weighted by Gasteiger charge is 2.15. The summed E-state index contributed by atoms with van der Waals surface area (Å²) in [6.07, 6.45) is 1.45. The van der Waals surface area contributed by atoms with Gasteiger partial charge in [0.05, 0.1) is 23.4 Å². The molecule has 0 aliphatic rings. The van der Waals surface area contributed by atoms with E-state index >= 15 is 0 Å². The minimum atomic E-state index is -0.594. The van der Waals surface area contributed by atoms with Gasteiger partial charge in [-0.15, -0.1) is 0 Å². The van der Waals surface area contributed by atoms with Gasteiger partial charge in [0.2, 0.25) is 0 Å². The zero-order chi connectivity index (χ0) is 24.5. The van der Waals surface area contributed by atoms with E-state index in [0.29, 0.717) is 28.7 Å². The number of amides is 1. The zero-order valence-electron chi connectivity index (χ0n) is 19.1. The van der Waals surface area contributed by atoms with Gasteiger partial charge in [0.1, 0.15) is 5.75 Å². The van der Waals surface area contributed by atoms with E-state index in [9.17, 15) is 9.59 Å². The molecule has 34 heavy (non-hydrogen) atoms. The number of aryl methyl sites for hydroxylation is 2. The van der Waals surface area contributed by atoms with E-state index < -0.39 is 11.9 Å². The lowest BCUT2D eigenvalue weighted by Crippen LogP contribution is -2.24. The van der Waals surface area contributed by atoms with E-state index in [4.69, 9.17) is 25.8 Å². The number of halogens is 1. The van der Waals surface area contributed by atoms with Gasteiger partial charge >= 0.3 is 5.97 Å². The second kappa shape index (κ2) is 11.9. The number of rotatable bonds is 9. The summed E-state index contributed by atoms with van der Waals surface area (Å²) in [7, 11) is 0. The van der Waals surface area contributed by atoms with Gasteiger partial charge in [0.25, 0.3) is 5.91 Å². The molecule has 0 bridgehead atoms. The van der Waals surface area contributed by atoms with Crippen LogP contribution in [0.3, 0.4) is 0 Å². The van der Waals surface area contributed by atoms with E-state index in [-0.39, 0.29) is 17.9 Å². The molecule has 3 rings (SSSR count). The standard InChI is InChI=1S/C26H25ClN2O5/c1-4-32-24-14-19(10-12-23(24)34-26(31)21-7-5-6-8-22(21)27)15-28-29-25(30)16-33-20-11-9-17(2)18(3)13-20/h5-15H,4,16H2,1-3H3,(H,29,30)/b28-15-. The zero-order valence-corrected chi connectivity index (χ0v) is 19.9. The first-order valence-electron chi connectivity index (χ1n) is 10.6. The molecule has 7 nitrogen and oxygen atoms in total. The third-order valence-electron chi connectivity index (χ3n) is 4.82. The van der Waals surface area contributed by atoms with E-state index in [2.05, 4.69) is 10.5 Å². The Bertz CT molecular complexity index is 1210. The maximum Gasteiger partial charge on any atom is 0.345 e. The third kappa shape index (κ3) is 6.83. The van der Waals surface area contributed by atoms with Gasteiger partial charge < -0.3 is 14.2 Å². The minimum Gasteiger partial charge on any atom is -0.490 e. The fourth-order valence-corrected chi connectivity index (χ4v) is 3.12. The van der Waals surface area contributed by atoms with Crippen LogP contribution >= 0.6 is 11.6 Å². The molecule has 0 atom stereocenters. The van der Waals surface area contributed by atoms with Crippen molar-refractivity contribution in [1.82, 2.24) is 5.43 Å². The number of hydrogen-bond acceptors (Lipinski definition) is 6. The van der Waals surface area contributed by atoms with Crippen LogP contribution in [0.4, 0.5) is 0 Å². The Kier molecular flexibility index (Phi) is 8.65. The summed E-state index contributed by atoms with van der Waals surface area (Å²) >= 11 is 6.07.